The Hall–Kier alpha value is -3.37. The standard InChI is InChI=1S/C19H10ClF2N3O4S/c20-10-3-6-14-12(7-10)13(26)8-15(29-14)17(27)24-19-23-16(25-30-19)9-1-4-11(5-2-9)28-18(21)22/h1-8,18H,(H,23,24,25,27). The zero-order chi connectivity index (χ0) is 21.3. The van der Waals surface area contributed by atoms with Crippen molar-refractivity contribution in [2.75, 3.05) is 5.32 Å². The lowest BCUT2D eigenvalue weighted by atomic mass is 10.2. The number of carbonyl (C=O) groups excluding carboxylic acids is 1. The molecular weight excluding hydrogens is 440 g/mol. The topological polar surface area (TPSA) is 94.3 Å². The fourth-order valence-electron chi connectivity index (χ4n) is 2.58. The number of hydrogen-bond acceptors (Lipinski definition) is 7. The van der Waals surface area contributed by atoms with E-state index in [1.165, 1.54) is 36.4 Å². The highest BCUT2D eigenvalue weighted by atomic mass is 35.5. The first kappa shape index (κ1) is 19.9. The van der Waals surface area contributed by atoms with E-state index < -0.39 is 17.9 Å². The molecule has 2 heterocycles. The summed E-state index contributed by atoms with van der Waals surface area (Å²) in [6, 6.07) is 11.3. The number of fused-ring (bicyclic) bond motifs is 1. The molecule has 0 saturated carbocycles. The molecule has 4 aromatic rings. The zero-order valence-electron chi connectivity index (χ0n) is 14.8. The number of halogens is 3. The van der Waals surface area contributed by atoms with Gasteiger partial charge in [-0.15, -0.1) is 0 Å². The maximum absolute atomic E-state index is 12.5. The van der Waals surface area contributed by atoms with Crippen LogP contribution in [-0.4, -0.2) is 21.9 Å². The Bertz CT molecular complexity index is 1290. The lowest BCUT2D eigenvalue weighted by molar-refractivity contribution is -0.0498. The van der Waals surface area contributed by atoms with Crippen LogP contribution in [0.4, 0.5) is 13.9 Å². The third-order valence-corrected chi connectivity index (χ3v) is 4.76. The van der Waals surface area contributed by atoms with Crippen molar-refractivity contribution in [3.05, 3.63) is 69.5 Å². The summed E-state index contributed by atoms with van der Waals surface area (Å²) >= 11 is 6.78. The molecule has 0 aliphatic heterocycles. The van der Waals surface area contributed by atoms with E-state index in [0.29, 0.717) is 10.6 Å². The fraction of sp³-hybridized carbons (Fsp3) is 0.0526. The summed E-state index contributed by atoms with van der Waals surface area (Å²) in [6.07, 6.45) is 0. The summed E-state index contributed by atoms with van der Waals surface area (Å²) in [5, 5.41) is 3.32. The molecule has 1 amide bonds. The second-order valence-corrected chi connectivity index (χ2v) is 7.08. The van der Waals surface area contributed by atoms with Gasteiger partial charge in [-0.2, -0.15) is 18.1 Å². The molecule has 0 spiro atoms. The van der Waals surface area contributed by atoms with E-state index >= 15 is 0 Å². The summed E-state index contributed by atoms with van der Waals surface area (Å²) in [4.78, 5) is 28.8. The van der Waals surface area contributed by atoms with Gasteiger partial charge in [-0.3, -0.25) is 14.9 Å². The first-order chi connectivity index (χ1) is 14.4. The van der Waals surface area contributed by atoms with Crippen LogP contribution >= 0.6 is 23.1 Å². The van der Waals surface area contributed by atoms with Gasteiger partial charge in [-0.1, -0.05) is 11.6 Å². The highest BCUT2D eigenvalue weighted by Crippen LogP contribution is 2.25. The summed E-state index contributed by atoms with van der Waals surface area (Å²) in [6.45, 7) is -2.91. The first-order valence-corrected chi connectivity index (χ1v) is 9.48. The van der Waals surface area contributed by atoms with Crippen molar-refractivity contribution in [1.82, 2.24) is 9.36 Å². The number of hydrogen-bond donors (Lipinski definition) is 1. The van der Waals surface area contributed by atoms with Crippen LogP contribution in [0.1, 0.15) is 10.6 Å². The Morgan fingerprint density at radius 2 is 1.93 bits per heavy atom. The van der Waals surface area contributed by atoms with Crippen molar-refractivity contribution in [1.29, 1.82) is 0 Å². The molecule has 0 saturated heterocycles. The molecule has 2 aromatic carbocycles. The van der Waals surface area contributed by atoms with Gasteiger partial charge in [0.15, 0.2) is 17.0 Å². The number of ether oxygens (including phenoxy) is 1. The van der Waals surface area contributed by atoms with Crippen LogP contribution in [0.2, 0.25) is 5.02 Å². The van der Waals surface area contributed by atoms with E-state index in [4.69, 9.17) is 16.0 Å². The molecule has 11 heteroatoms. The smallest absolute Gasteiger partial charge is 0.387 e. The monoisotopic (exact) mass is 449 g/mol. The number of benzene rings is 2. The Morgan fingerprint density at radius 1 is 1.17 bits per heavy atom. The van der Waals surface area contributed by atoms with Crippen LogP contribution in [-0.2, 0) is 0 Å². The average Bonchev–Trinajstić information content (AvgIpc) is 3.17. The molecule has 7 nitrogen and oxygen atoms in total. The largest absolute Gasteiger partial charge is 0.451 e. The van der Waals surface area contributed by atoms with Crippen molar-refractivity contribution in [2.45, 2.75) is 6.61 Å². The van der Waals surface area contributed by atoms with Crippen LogP contribution < -0.4 is 15.5 Å². The molecule has 0 aliphatic carbocycles. The molecule has 0 radical (unpaired) electrons. The van der Waals surface area contributed by atoms with Crippen LogP contribution in [0.5, 0.6) is 5.75 Å². The van der Waals surface area contributed by atoms with E-state index in [0.717, 1.165) is 17.6 Å². The lowest BCUT2D eigenvalue weighted by Crippen LogP contribution is -2.14. The number of carbonyl (C=O) groups is 1. The minimum atomic E-state index is -2.91. The second-order valence-electron chi connectivity index (χ2n) is 5.90. The number of alkyl halides is 2. The minimum Gasteiger partial charge on any atom is -0.451 e. The van der Waals surface area contributed by atoms with Gasteiger partial charge in [0.2, 0.25) is 5.13 Å². The minimum absolute atomic E-state index is 0.00475. The summed E-state index contributed by atoms with van der Waals surface area (Å²) in [5.41, 5.74) is 0.358. The van der Waals surface area contributed by atoms with Crippen LogP contribution in [0.25, 0.3) is 22.4 Å². The first-order valence-electron chi connectivity index (χ1n) is 8.33. The van der Waals surface area contributed by atoms with Gasteiger partial charge in [-0.05, 0) is 42.5 Å². The van der Waals surface area contributed by atoms with Crippen LogP contribution in [0, 0.1) is 0 Å². The molecular formula is C19H10ClF2N3O4S. The highest BCUT2D eigenvalue weighted by Gasteiger charge is 2.16. The fourth-order valence-corrected chi connectivity index (χ4v) is 3.33. The van der Waals surface area contributed by atoms with Crippen LogP contribution in [0.3, 0.4) is 0 Å². The molecule has 0 bridgehead atoms. The second kappa shape index (κ2) is 8.17. The molecule has 0 aliphatic rings. The number of rotatable bonds is 5. The van der Waals surface area contributed by atoms with Crippen LogP contribution in [0.15, 0.2) is 57.7 Å². The van der Waals surface area contributed by atoms with E-state index in [2.05, 4.69) is 19.4 Å². The zero-order valence-corrected chi connectivity index (χ0v) is 16.3. The normalized spacial score (nSPS) is 11.1. The molecule has 2 aromatic heterocycles. The van der Waals surface area contributed by atoms with Crippen molar-refractivity contribution in [3.8, 4) is 17.1 Å². The van der Waals surface area contributed by atoms with Gasteiger partial charge >= 0.3 is 6.61 Å². The molecule has 152 valence electrons. The van der Waals surface area contributed by atoms with E-state index in [1.807, 2.05) is 0 Å². The molecule has 0 atom stereocenters. The maximum atomic E-state index is 12.5. The van der Waals surface area contributed by atoms with Crippen molar-refractivity contribution < 1.29 is 22.7 Å². The van der Waals surface area contributed by atoms with E-state index in [-0.39, 0.29) is 33.4 Å². The summed E-state index contributed by atoms with van der Waals surface area (Å²) in [5.74, 6) is -0.578. The number of anilines is 1. The van der Waals surface area contributed by atoms with E-state index in [1.54, 1.807) is 6.07 Å². The Labute approximate surface area is 176 Å². The van der Waals surface area contributed by atoms with Gasteiger partial charge in [-0.25, -0.2) is 0 Å². The highest BCUT2D eigenvalue weighted by molar-refractivity contribution is 7.10. The Balaban J connectivity index is 1.52. The number of amides is 1. The molecule has 1 N–H and O–H groups in total. The van der Waals surface area contributed by atoms with Crippen molar-refractivity contribution >= 4 is 45.1 Å². The third-order valence-electron chi connectivity index (χ3n) is 3.90. The van der Waals surface area contributed by atoms with Gasteiger partial charge in [0, 0.05) is 28.2 Å². The number of nitrogens with one attached hydrogen (secondary N) is 1. The summed E-state index contributed by atoms with van der Waals surface area (Å²) < 4.78 is 38.3. The van der Waals surface area contributed by atoms with Gasteiger partial charge in [0.25, 0.3) is 5.91 Å². The van der Waals surface area contributed by atoms with Crippen molar-refractivity contribution in [2.24, 2.45) is 0 Å². The summed E-state index contributed by atoms with van der Waals surface area (Å²) in [7, 11) is 0. The maximum Gasteiger partial charge on any atom is 0.387 e. The van der Waals surface area contributed by atoms with Gasteiger partial charge < -0.3 is 9.15 Å². The number of aromatic nitrogens is 2. The molecule has 4 rings (SSSR count). The SMILES string of the molecule is O=C(Nc1nc(-c2ccc(OC(F)F)cc2)ns1)c1cc(=O)c2cc(Cl)ccc2o1. The van der Waals surface area contributed by atoms with Gasteiger partial charge in [0.1, 0.15) is 11.3 Å². The Kier molecular flexibility index (Phi) is 5.42. The van der Waals surface area contributed by atoms with Gasteiger partial charge in [0.05, 0.1) is 5.39 Å². The predicted molar refractivity (Wildman–Crippen MR) is 107 cm³/mol. The third kappa shape index (κ3) is 4.29. The molecule has 0 fully saturated rings. The van der Waals surface area contributed by atoms with Crippen molar-refractivity contribution in [3.63, 3.8) is 0 Å². The molecule has 30 heavy (non-hydrogen) atoms. The lowest BCUT2D eigenvalue weighted by Gasteiger charge is -2.04. The average molecular weight is 450 g/mol. The molecule has 0 unspecified atom stereocenters. The number of nitrogens with zero attached hydrogens (tertiary/aromatic N) is 2. The predicted octanol–water partition coefficient (Wildman–Crippen LogP) is 4.82. The quantitative estimate of drug-likeness (QED) is 0.469. The van der Waals surface area contributed by atoms with E-state index in [9.17, 15) is 18.4 Å². The Morgan fingerprint density at radius 3 is 2.67 bits per heavy atom.